The van der Waals surface area contributed by atoms with Crippen LogP contribution < -0.4 is 5.32 Å². The second-order valence-corrected chi connectivity index (χ2v) is 6.30. The van der Waals surface area contributed by atoms with Gasteiger partial charge < -0.3 is 5.32 Å². The lowest BCUT2D eigenvalue weighted by molar-refractivity contribution is 0.360. The average Bonchev–Trinajstić information content (AvgIpc) is 2.45. The van der Waals surface area contributed by atoms with Gasteiger partial charge in [-0.05, 0) is 62.1 Å². The third-order valence-corrected chi connectivity index (χ3v) is 4.88. The number of benzene rings is 1. The van der Waals surface area contributed by atoms with Crippen molar-refractivity contribution in [3.05, 3.63) is 34.9 Å². The van der Waals surface area contributed by atoms with E-state index in [1.807, 2.05) is 0 Å². The Bertz CT molecular complexity index is 410. The molecule has 1 aliphatic carbocycles. The molecular formula is C18H29N. The van der Waals surface area contributed by atoms with Crippen LogP contribution in [0.4, 0.5) is 0 Å². The molecule has 0 aliphatic heterocycles. The fraction of sp³-hybridized carbons (Fsp3) is 0.667. The van der Waals surface area contributed by atoms with Crippen molar-refractivity contribution in [1.29, 1.82) is 0 Å². The number of rotatable bonds is 5. The molecule has 19 heavy (non-hydrogen) atoms. The number of fused-ring (bicyclic) bond motifs is 1. The topological polar surface area (TPSA) is 12.0 Å². The number of hydrogen-bond acceptors (Lipinski definition) is 1. The van der Waals surface area contributed by atoms with E-state index in [0.717, 1.165) is 5.92 Å². The molecule has 1 aliphatic rings. The van der Waals surface area contributed by atoms with Gasteiger partial charge in [-0.2, -0.15) is 0 Å². The van der Waals surface area contributed by atoms with Gasteiger partial charge in [-0.3, -0.25) is 0 Å². The number of nitrogens with one attached hydrogen (secondary N) is 1. The van der Waals surface area contributed by atoms with Crippen molar-refractivity contribution >= 4 is 0 Å². The molecule has 0 spiro atoms. The Morgan fingerprint density at radius 3 is 2.42 bits per heavy atom. The minimum atomic E-state index is 0.455. The summed E-state index contributed by atoms with van der Waals surface area (Å²) in [4.78, 5) is 0. The minimum Gasteiger partial charge on any atom is -0.307 e. The molecule has 0 heterocycles. The van der Waals surface area contributed by atoms with Gasteiger partial charge in [0, 0.05) is 12.1 Å². The lowest BCUT2D eigenvalue weighted by Gasteiger charge is -2.26. The number of hydrogen-bond donors (Lipinski definition) is 1. The first-order valence-corrected chi connectivity index (χ1v) is 7.99. The maximum absolute atomic E-state index is 3.75. The van der Waals surface area contributed by atoms with E-state index in [1.165, 1.54) is 37.7 Å². The monoisotopic (exact) mass is 259 g/mol. The summed E-state index contributed by atoms with van der Waals surface area (Å²) in [5, 5.41) is 3.75. The van der Waals surface area contributed by atoms with Crippen LogP contribution in [0.1, 0.15) is 69.7 Å². The number of aryl methyl sites for hydroxylation is 2. The molecule has 3 unspecified atom stereocenters. The predicted molar refractivity (Wildman–Crippen MR) is 83.6 cm³/mol. The molecule has 1 aromatic rings. The summed E-state index contributed by atoms with van der Waals surface area (Å²) in [7, 11) is 0. The van der Waals surface area contributed by atoms with Crippen molar-refractivity contribution in [2.75, 3.05) is 0 Å². The molecule has 1 aromatic carbocycles. The Morgan fingerprint density at radius 2 is 1.74 bits per heavy atom. The summed E-state index contributed by atoms with van der Waals surface area (Å²) in [6, 6.07) is 8.16. The largest absolute Gasteiger partial charge is 0.307 e. The van der Waals surface area contributed by atoms with E-state index in [4.69, 9.17) is 0 Å². The smallest absolute Gasteiger partial charge is 0.0294 e. The summed E-state index contributed by atoms with van der Waals surface area (Å²) in [5.74, 6) is 0.736. The van der Waals surface area contributed by atoms with Crippen LogP contribution in [0.2, 0.25) is 0 Å². The molecule has 0 radical (unpaired) electrons. The van der Waals surface area contributed by atoms with E-state index in [1.54, 1.807) is 11.1 Å². The SMILES string of the molecule is CCC(C)C(C)NC(C)c1ccc2c(c1)CCCC2. The van der Waals surface area contributed by atoms with Gasteiger partial charge in [-0.15, -0.1) is 0 Å². The highest BCUT2D eigenvalue weighted by Crippen LogP contribution is 2.25. The molecule has 1 N–H and O–H groups in total. The highest BCUT2D eigenvalue weighted by molar-refractivity contribution is 5.35. The molecule has 0 bridgehead atoms. The molecule has 2 rings (SSSR count). The van der Waals surface area contributed by atoms with Gasteiger partial charge in [-0.25, -0.2) is 0 Å². The van der Waals surface area contributed by atoms with E-state index in [0.29, 0.717) is 12.1 Å². The van der Waals surface area contributed by atoms with Crippen molar-refractivity contribution in [3.63, 3.8) is 0 Å². The lowest BCUT2D eigenvalue weighted by Crippen LogP contribution is -2.34. The van der Waals surface area contributed by atoms with Gasteiger partial charge in [0.25, 0.3) is 0 Å². The quantitative estimate of drug-likeness (QED) is 0.811. The predicted octanol–water partition coefficient (Wildman–Crippen LogP) is 4.65. The highest BCUT2D eigenvalue weighted by atomic mass is 14.9. The average molecular weight is 259 g/mol. The van der Waals surface area contributed by atoms with Gasteiger partial charge in [-0.1, -0.05) is 38.5 Å². The first-order valence-electron chi connectivity index (χ1n) is 7.99. The van der Waals surface area contributed by atoms with Crippen LogP contribution >= 0.6 is 0 Å². The molecule has 1 heteroatoms. The molecule has 0 amide bonds. The molecule has 0 saturated heterocycles. The fourth-order valence-electron chi connectivity index (χ4n) is 3.03. The molecular weight excluding hydrogens is 230 g/mol. The molecule has 0 aromatic heterocycles. The van der Waals surface area contributed by atoms with Crippen LogP contribution in [-0.4, -0.2) is 6.04 Å². The zero-order chi connectivity index (χ0) is 13.8. The normalized spacial score (nSPS) is 19.6. The van der Waals surface area contributed by atoms with Gasteiger partial charge in [0.05, 0.1) is 0 Å². The Morgan fingerprint density at radius 1 is 1.05 bits per heavy atom. The van der Waals surface area contributed by atoms with Gasteiger partial charge in [0.2, 0.25) is 0 Å². The van der Waals surface area contributed by atoms with Crippen LogP contribution in [0.5, 0.6) is 0 Å². The second-order valence-electron chi connectivity index (χ2n) is 6.30. The van der Waals surface area contributed by atoms with E-state index >= 15 is 0 Å². The lowest BCUT2D eigenvalue weighted by atomic mass is 9.89. The van der Waals surface area contributed by atoms with Crippen molar-refractivity contribution in [2.45, 2.75) is 71.9 Å². The Balaban J connectivity index is 2.05. The first-order chi connectivity index (χ1) is 9.11. The highest BCUT2D eigenvalue weighted by Gasteiger charge is 2.16. The van der Waals surface area contributed by atoms with E-state index < -0.39 is 0 Å². The summed E-state index contributed by atoms with van der Waals surface area (Å²) >= 11 is 0. The molecule has 106 valence electrons. The fourth-order valence-corrected chi connectivity index (χ4v) is 3.03. The van der Waals surface area contributed by atoms with Crippen LogP contribution in [0.3, 0.4) is 0 Å². The van der Waals surface area contributed by atoms with Crippen molar-refractivity contribution in [3.8, 4) is 0 Å². The zero-order valence-corrected chi connectivity index (χ0v) is 13.0. The van der Waals surface area contributed by atoms with Crippen molar-refractivity contribution < 1.29 is 0 Å². The van der Waals surface area contributed by atoms with Crippen LogP contribution in [0, 0.1) is 5.92 Å². The summed E-state index contributed by atoms with van der Waals surface area (Å²) in [6.07, 6.45) is 6.52. The Hall–Kier alpha value is -0.820. The second kappa shape index (κ2) is 6.56. The summed E-state index contributed by atoms with van der Waals surface area (Å²) in [5.41, 5.74) is 4.63. The Labute approximate surface area is 118 Å². The van der Waals surface area contributed by atoms with Crippen LogP contribution in [0.25, 0.3) is 0 Å². The third-order valence-electron chi connectivity index (χ3n) is 4.88. The van der Waals surface area contributed by atoms with Gasteiger partial charge >= 0.3 is 0 Å². The van der Waals surface area contributed by atoms with E-state index in [9.17, 15) is 0 Å². The molecule has 3 atom stereocenters. The van der Waals surface area contributed by atoms with Crippen LogP contribution in [-0.2, 0) is 12.8 Å². The minimum absolute atomic E-state index is 0.455. The third kappa shape index (κ3) is 3.60. The Kier molecular flexibility index (Phi) is 5.04. The molecule has 1 nitrogen and oxygen atoms in total. The standard InChI is InChI=1S/C18H29N/c1-5-13(2)14(3)19-15(4)17-11-10-16-8-6-7-9-18(16)12-17/h10-15,19H,5-9H2,1-4H3. The zero-order valence-electron chi connectivity index (χ0n) is 13.0. The maximum Gasteiger partial charge on any atom is 0.0294 e. The van der Waals surface area contributed by atoms with Crippen LogP contribution in [0.15, 0.2) is 18.2 Å². The van der Waals surface area contributed by atoms with E-state index in [2.05, 4.69) is 51.2 Å². The molecule has 0 fully saturated rings. The maximum atomic E-state index is 3.75. The summed E-state index contributed by atoms with van der Waals surface area (Å²) < 4.78 is 0. The van der Waals surface area contributed by atoms with Gasteiger partial charge in [0.1, 0.15) is 0 Å². The van der Waals surface area contributed by atoms with E-state index in [-0.39, 0.29) is 0 Å². The van der Waals surface area contributed by atoms with Gasteiger partial charge in [0.15, 0.2) is 0 Å². The summed E-state index contributed by atoms with van der Waals surface area (Å²) in [6.45, 7) is 9.20. The van der Waals surface area contributed by atoms with Crippen molar-refractivity contribution in [2.24, 2.45) is 5.92 Å². The first kappa shape index (κ1) is 14.6. The molecule has 0 saturated carbocycles. The van der Waals surface area contributed by atoms with Crippen molar-refractivity contribution in [1.82, 2.24) is 5.32 Å².